The molecule has 1 amide bonds. The van der Waals surface area contributed by atoms with Crippen LogP contribution in [0.2, 0.25) is 0 Å². The lowest BCUT2D eigenvalue weighted by atomic mass is 9.96. The van der Waals surface area contributed by atoms with Crippen LogP contribution in [0.1, 0.15) is 18.6 Å². The third-order valence-corrected chi connectivity index (χ3v) is 4.80. The Bertz CT molecular complexity index is 896. The molecular formula is C19H21N5O2. The second-order valence-corrected chi connectivity index (χ2v) is 6.65. The minimum atomic E-state index is -0.0266. The van der Waals surface area contributed by atoms with Gasteiger partial charge >= 0.3 is 0 Å². The molecule has 7 nitrogen and oxygen atoms in total. The number of aromatic nitrogens is 3. The number of anilines is 1. The average molecular weight is 351 g/mol. The monoisotopic (exact) mass is 351 g/mol. The fraction of sp³-hybridized carbons (Fsp3) is 0.368. The highest BCUT2D eigenvalue weighted by atomic mass is 16.3. The number of rotatable bonds is 4. The molecule has 1 aliphatic rings. The summed E-state index contributed by atoms with van der Waals surface area (Å²) in [6.45, 7) is 2.10. The summed E-state index contributed by atoms with van der Waals surface area (Å²) in [4.78, 5) is 29.7. The summed E-state index contributed by atoms with van der Waals surface area (Å²) in [7, 11) is 1.83. The van der Waals surface area contributed by atoms with Crippen LogP contribution in [0, 0.1) is 5.92 Å². The molecule has 0 aromatic carbocycles. The molecule has 0 bridgehead atoms. The maximum Gasteiger partial charge on any atom is 0.227 e. The fourth-order valence-corrected chi connectivity index (χ4v) is 3.46. The van der Waals surface area contributed by atoms with Gasteiger partial charge in [0.05, 0.1) is 30.6 Å². The first-order valence-electron chi connectivity index (χ1n) is 8.80. The van der Waals surface area contributed by atoms with E-state index in [0.29, 0.717) is 18.7 Å². The number of piperidine rings is 1. The number of carbonyl (C=O) groups excluding carboxylic acids is 1. The molecule has 134 valence electrons. The van der Waals surface area contributed by atoms with Crippen molar-refractivity contribution in [3.63, 3.8) is 0 Å². The number of amides is 1. The lowest BCUT2D eigenvalue weighted by molar-refractivity contribution is -0.135. The molecule has 0 radical (unpaired) electrons. The first-order chi connectivity index (χ1) is 12.7. The minimum absolute atomic E-state index is 0.0266. The molecule has 0 unspecified atom stereocenters. The maximum absolute atomic E-state index is 12.8. The number of hydrogen-bond acceptors (Lipinski definition) is 6. The zero-order valence-electron chi connectivity index (χ0n) is 14.7. The highest BCUT2D eigenvalue weighted by molar-refractivity contribution is 5.80. The van der Waals surface area contributed by atoms with E-state index in [1.165, 1.54) is 0 Å². The van der Waals surface area contributed by atoms with Gasteiger partial charge in [0.25, 0.3) is 0 Å². The predicted octanol–water partition coefficient (Wildman–Crippen LogP) is 2.49. The van der Waals surface area contributed by atoms with Crippen molar-refractivity contribution in [1.82, 2.24) is 19.9 Å². The van der Waals surface area contributed by atoms with Crippen LogP contribution in [0.3, 0.4) is 0 Å². The maximum atomic E-state index is 12.8. The normalized spacial score (nSPS) is 17.4. The Kier molecular flexibility index (Phi) is 4.51. The molecule has 1 atom stereocenters. The van der Waals surface area contributed by atoms with Crippen LogP contribution < -0.4 is 4.90 Å². The molecule has 1 aliphatic heterocycles. The molecule has 0 spiro atoms. The molecule has 4 heterocycles. The third-order valence-electron chi connectivity index (χ3n) is 4.80. The molecule has 0 N–H and O–H groups in total. The van der Waals surface area contributed by atoms with Crippen LogP contribution in [0.25, 0.3) is 11.2 Å². The summed E-state index contributed by atoms with van der Waals surface area (Å²) in [6.07, 6.45) is 8.63. The topological polar surface area (TPSA) is 75.4 Å². The van der Waals surface area contributed by atoms with E-state index in [1.54, 1.807) is 23.6 Å². The highest BCUT2D eigenvalue weighted by Gasteiger charge is 2.28. The standard InChI is InChI=1S/C19H21N5O2/c1-23(13-16-5-3-9-26-16)19(25)14-4-2-8-24(12-14)15-10-17-18(22-11-15)21-7-6-20-17/h3,5-7,9-11,14H,2,4,8,12-13H2,1H3/t14-/m1/s1. The summed E-state index contributed by atoms with van der Waals surface area (Å²) in [6, 6.07) is 5.72. The molecule has 1 fully saturated rings. The molecule has 1 saturated heterocycles. The van der Waals surface area contributed by atoms with Gasteiger partial charge in [-0.15, -0.1) is 0 Å². The number of fused-ring (bicyclic) bond motifs is 1. The minimum Gasteiger partial charge on any atom is -0.467 e. The van der Waals surface area contributed by atoms with Crippen molar-refractivity contribution in [3.8, 4) is 0 Å². The fourth-order valence-electron chi connectivity index (χ4n) is 3.46. The highest BCUT2D eigenvalue weighted by Crippen LogP contribution is 2.25. The van der Waals surface area contributed by atoms with Gasteiger partial charge in [0.15, 0.2) is 5.65 Å². The molecule has 3 aromatic heterocycles. The quantitative estimate of drug-likeness (QED) is 0.719. The van der Waals surface area contributed by atoms with Crippen molar-refractivity contribution in [2.45, 2.75) is 19.4 Å². The van der Waals surface area contributed by atoms with Gasteiger partial charge in [-0.05, 0) is 31.0 Å². The summed E-state index contributed by atoms with van der Waals surface area (Å²) in [5, 5.41) is 0. The van der Waals surface area contributed by atoms with Gasteiger partial charge in [0, 0.05) is 32.5 Å². The molecule has 26 heavy (non-hydrogen) atoms. The van der Waals surface area contributed by atoms with Crippen LogP contribution in [0.4, 0.5) is 5.69 Å². The summed E-state index contributed by atoms with van der Waals surface area (Å²) in [5.41, 5.74) is 2.40. The van der Waals surface area contributed by atoms with E-state index >= 15 is 0 Å². The Morgan fingerprint density at radius 3 is 3.08 bits per heavy atom. The number of nitrogens with zero attached hydrogens (tertiary/aromatic N) is 5. The predicted molar refractivity (Wildman–Crippen MR) is 97.5 cm³/mol. The van der Waals surface area contributed by atoms with Crippen molar-refractivity contribution in [2.24, 2.45) is 5.92 Å². The van der Waals surface area contributed by atoms with E-state index in [0.717, 1.165) is 36.4 Å². The first kappa shape index (κ1) is 16.5. The number of carbonyl (C=O) groups is 1. The zero-order valence-corrected chi connectivity index (χ0v) is 14.7. The molecule has 3 aromatic rings. The molecule has 0 saturated carbocycles. The van der Waals surface area contributed by atoms with Gasteiger partial charge in [-0.1, -0.05) is 0 Å². The van der Waals surface area contributed by atoms with Crippen LogP contribution in [0.15, 0.2) is 47.5 Å². The smallest absolute Gasteiger partial charge is 0.227 e. The van der Waals surface area contributed by atoms with Gasteiger partial charge in [-0.2, -0.15) is 0 Å². The molecular weight excluding hydrogens is 330 g/mol. The Morgan fingerprint density at radius 2 is 2.23 bits per heavy atom. The van der Waals surface area contributed by atoms with E-state index in [9.17, 15) is 4.79 Å². The van der Waals surface area contributed by atoms with E-state index in [-0.39, 0.29) is 11.8 Å². The van der Waals surface area contributed by atoms with Crippen molar-refractivity contribution in [1.29, 1.82) is 0 Å². The van der Waals surface area contributed by atoms with Crippen molar-refractivity contribution >= 4 is 22.8 Å². The lowest BCUT2D eigenvalue weighted by Gasteiger charge is -2.35. The van der Waals surface area contributed by atoms with Gasteiger partial charge in [-0.25, -0.2) is 9.97 Å². The van der Waals surface area contributed by atoms with Gasteiger partial charge in [-0.3, -0.25) is 9.78 Å². The SMILES string of the molecule is CN(Cc1ccco1)C(=O)[C@@H]1CCCN(c2cnc3nccnc3c2)C1. The first-order valence-corrected chi connectivity index (χ1v) is 8.80. The van der Waals surface area contributed by atoms with Crippen LogP contribution in [0.5, 0.6) is 0 Å². The lowest BCUT2D eigenvalue weighted by Crippen LogP contribution is -2.43. The third kappa shape index (κ3) is 3.37. The van der Waals surface area contributed by atoms with Gasteiger partial charge in [0.2, 0.25) is 5.91 Å². The molecule has 0 aliphatic carbocycles. The van der Waals surface area contributed by atoms with Crippen molar-refractivity contribution in [2.75, 3.05) is 25.0 Å². The molecule has 7 heteroatoms. The summed E-state index contributed by atoms with van der Waals surface area (Å²) in [5.74, 6) is 0.923. The second-order valence-electron chi connectivity index (χ2n) is 6.65. The Labute approximate surface area is 151 Å². The van der Waals surface area contributed by atoms with Crippen LogP contribution >= 0.6 is 0 Å². The van der Waals surface area contributed by atoms with Crippen molar-refractivity contribution < 1.29 is 9.21 Å². The Hall–Kier alpha value is -2.96. The van der Waals surface area contributed by atoms with Crippen LogP contribution in [-0.2, 0) is 11.3 Å². The Balaban J connectivity index is 1.46. The summed E-state index contributed by atoms with van der Waals surface area (Å²) >= 11 is 0. The Morgan fingerprint density at radius 1 is 1.35 bits per heavy atom. The van der Waals surface area contributed by atoms with E-state index in [1.807, 2.05) is 31.4 Å². The number of furan rings is 1. The number of pyridine rings is 1. The molecule has 4 rings (SSSR count). The number of hydrogen-bond donors (Lipinski definition) is 0. The largest absolute Gasteiger partial charge is 0.467 e. The second kappa shape index (κ2) is 7.11. The summed E-state index contributed by atoms with van der Waals surface area (Å²) < 4.78 is 5.35. The average Bonchev–Trinajstić information content (AvgIpc) is 3.20. The van der Waals surface area contributed by atoms with Crippen molar-refractivity contribution in [3.05, 3.63) is 48.8 Å². The van der Waals surface area contributed by atoms with Gasteiger partial charge in [0.1, 0.15) is 11.3 Å². The van der Waals surface area contributed by atoms with Crippen LogP contribution in [-0.4, -0.2) is 45.9 Å². The van der Waals surface area contributed by atoms with E-state index in [4.69, 9.17) is 4.42 Å². The van der Waals surface area contributed by atoms with E-state index in [2.05, 4.69) is 19.9 Å². The van der Waals surface area contributed by atoms with Gasteiger partial charge < -0.3 is 14.2 Å². The van der Waals surface area contributed by atoms with E-state index < -0.39 is 0 Å². The zero-order chi connectivity index (χ0) is 17.9.